The summed E-state index contributed by atoms with van der Waals surface area (Å²) < 4.78 is 1.90. The average molecular weight is 390 g/mol. The molecule has 0 radical (unpaired) electrons. The van der Waals surface area contributed by atoms with Gasteiger partial charge in [-0.05, 0) is 29.8 Å². The van der Waals surface area contributed by atoms with Gasteiger partial charge in [-0.25, -0.2) is 4.79 Å². The van der Waals surface area contributed by atoms with Gasteiger partial charge in [0, 0.05) is 38.6 Å². The van der Waals surface area contributed by atoms with Crippen LogP contribution in [-0.4, -0.2) is 52.3 Å². The van der Waals surface area contributed by atoms with E-state index in [1.165, 1.54) is 5.56 Å². The smallest absolute Gasteiger partial charge is 0.318 e. The Morgan fingerprint density at radius 1 is 1.03 bits per heavy atom. The van der Waals surface area contributed by atoms with E-state index in [1.807, 2.05) is 52.2 Å². The van der Waals surface area contributed by atoms with Crippen molar-refractivity contribution in [3.8, 4) is 0 Å². The van der Waals surface area contributed by atoms with Crippen molar-refractivity contribution in [2.75, 3.05) is 26.7 Å². The summed E-state index contributed by atoms with van der Waals surface area (Å²) in [5.41, 5.74) is 3.45. The van der Waals surface area contributed by atoms with Gasteiger partial charge in [-0.15, -0.1) is 0 Å². The number of likely N-dealkylation sites (N-methyl/N-ethyl adjacent to an activating group) is 1. The first-order valence-electron chi connectivity index (χ1n) is 10.0. The summed E-state index contributed by atoms with van der Waals surface area (Å²) in [4.78, 5) is 17.3. The van der Waals surface area contributed by atoms with Crippen LogP contribution in [0.15, 0.2) is 73.1 Å². The third-order valence-corrected chi connectivity index (χ3v) is 5.47. The molecule has 1 N–H and O–H groups in total. The number of aromatic nitrogens is 2. The first kappa shape index (κ1) is 19.2. The number of urea groups is 1. The fourth-order valence-corrected chi connectivity index (χ4v) is 3.85. The molecule has 0 aliphatic carbocycles. The molecule has 0 bridgehead atoms. The Morgan fingerprint density at radius 3 is 2.55 bits per heavy atom. The van der Waals surface area contributed by atoms with E-state index in [1.54, 1.807) is 6.20 Å². The Bertz CT molecular complexity index is 925. The molecule has 2 amide bonds. The molecule has 2 aromatic carbocycles. The third kappa shape index (κ3) is 4.66. The first-order chi connectivity index (χ1) is 14.2. The van der Waals surface area contributed by atoms with Gasteiger partial charge >= 0.3 is 6.03 Å². The van der Waals surface area contributed by atoms with E-state index in [2.05, 4.69) is 46.6 Å². The maximum absolute atomic E-state index is 13.1. The predicted molar refractivity (Wildman–Crippen MR) is 113 cm³/mol. The molecule has 0 spiro atoms. The second-order valence-electron chi connectivity index (χ2n) is 7.51. The fourth-order valence-electron chi connectivity index (χ4n) is 3.85. The molecule has 6 nitrogen and oxygen atoms in total. The highest BCUT2D eigenvalue weighted by molar-refractivity contribution is 5.75. The Balaban J connectivity index is 1.45. The van der Waals surface area contributed by atoms with Crippen molar-refractivity contribution in [2.24, 2.45) is 0 Å². The summed E-state index contributed by atoms with van der Waals surface area (Å²) in [6.45, 7) is 3.64. The quantitative estimate of drug-likeness (QED) is 0.729. The molecule has 1 aliphatic heterocycles. The molecule has 1 saturated heterocycles. The molecule has 150 valence electrons. The lowest BCUT2D eigenvalue weighted by Crippen LogP contribution is -2.52. The highest BCUT2D eigenvalue weighted by Crippen LogP contribution is 2.25. The third-order valence-electron chi connectivity index (χ3n) is 5.47. The monoisotopic (exact) mass is 389 g/mol. The molecule has 4 rings (SSSR count). The van der Waals surface area contributed by atoms with Crippen molar-refractivity contribution in [2.45, 2.75) is 19.1 Å². The number of nitrogens with zero attached hydrogens (tertiary/aromatic N) is 4. The van der Waals surface area contributed by atoms with Crippen molar-refractivity contribution in [3.05, 3.63) is 89.7 Å². The van der Waals surface area contributed by atoms with Gasteiger partial charge in [-0.2, -0.15) is 5.10 Å². The van der Waals surface area contributed by atoms with Crippen LogP contribution in [-0.2, 0) is 13.1 Å². The number of benzene rings is 2. The van der Waals surface area contributed by atoms with Crippen molar-refractivity contribution >= 4 is 6.03 Å². The van der Waals surface area contributed by atoms with E-state index in [0.717, 1.165) is 30.8 Å². The molecule has 2 heterocycles. The van der Waals surface area contributed by atoms with Crippen LogP contribution in [0.5, 0.6) is 0 Å². The lowest BCUT2D eigenvalue weighted by molar-refractivity contribution is 0.108. The standard InChI is InChI=1S/C23H27N5O/c1-26-14-15-28(22(18-26)19-8-3-2-4-9-19)23(29)24-16-20-10-5-6-11-21(20)17-27-13-7-12-25-27/h2-13,22H,14-18H2,1H3,(H,24,29). The zero-order valence-electron chi connectivity index (χ0n) is 16.7. The predicted octanol–water partition coefficient (Wildman–Crippen LogP) is 3.13. The van der Waals surface area contributed by atoms with Crippen molar-refractivity contribution < 1.29 is 4.79 Å². The molecule has 0 saturated carbocycles. The minimum Gasteiger partial charge on any atom is -0.334 e. The number of hydrogen-bond donors (Lipinski definition) is 1. The van der Waals surface area contributed by atoms with Gasteiger partial charge in [0.05, 0.1) is 12.6 Å². The zero-order chi connectivity index (χ0) is 20.1. The Labute approximate surface area is 171 Å². The summed E-state index contributed by atoms with van der Waals surface area (Å²) in [7, 11) is 2.11. The van der Waals surface area contributed by atoms with Gasteiger partial charge in [0.1, 0.15) is 0 Å². The SMILES string of the molecule is CN1CCN(C(=O)NCc2ccccc2Cn2cccn2)C(c2ccccc2)C1. The van der Waals surface area contributed by atoms with Gasteiger partial charge in [0.25, 0.3) is 0 Å². The Hall–Kier alpha value is -3.12. The maximum atomic E-state index is 13.1. The molecule has 1 aliphatic rings. The topological polar surface area (TPSA) is 53.4 Å². The highest BCUT2D eigenvalue weighted by Gasteiger charge is 2.30. The van der Waals surface area contributed by atoms with Crippen LogP contribution in [0.2, 0.25) is 0 Å². The lowest BCUT2D eigenvalue weighted by Gasteiger charge is -2.40. The maximum Gasteiger partial charge on any atom is 0.318 e. The van der Waals surface area contributed by atoms with Gasteiger partial charge in [-0.3, -0.25) is 4.68 Å². The molecule has 3 aromatic rings. The van der Waals surface area contributed by atoms with Gasteiger partial charge in [-0.1, -0.05) is 54.6 Å². The van der Waals surface area contributed by atoms with Gasteiger partial charge in [0.2, 0.25) is 0 Å². The van der Waals surface area contributed by atoms with Crippen LogP contribution >= 0.6 is 0 Å². The van der Waals surface area contributed by atoms with Crippen molar-refractivity contribution in [1.29, 1.82) is 0 Å². The van der Waals surface area contributed by atoms with Crippen LogP contribution in [0.1, 0.15) is 22.7 Å². The molecule has 6 heteroatoms. The van der Waals surface area contributed by atoms with Crippen LogP contribution < -0.4 is 5.32 Å². The molecule has 1 atom stereocenters. The van der Waals surface area contributed by atoms with Crippen LogP contribution in [0.3, 0.4) is 0 Å². The molecule has 1 fully saturated rings. The number of hydrogen-bond acceptors (Lipinski definition) is 3. The second kappa shape index (κ2) is 8.92. The van der Waals surface area contributed by atoms with Crippen molar-refractivity contribution in [3.63, 3.8) is 0 Å². The summed E-state index contributed by atoms with van der Waals surface area (Å²) in [5, 5.41) is 7.43. The van der Waals surface area contributed by atoms with Gasteiger partial charge < -0.3 is 15.1 Å². The Morgan fingerprint density at radius 2 is 1.79 bits per heavy atom. The van der Waals surface area contributed by atoms with Gasteiger partial charge in [0.15, 0.2) is 0 Å². The molecule has 1 aromatic heterocycles. The highest BCUT2D eigenvalue weighted by atomic mass is 16.2. The van der Waals surface area contributed by atoms with E-state index < -0.39 is 0 Å². The largest absolute Gasteiger partial charge is 0.334 e. The summed E-state index contributed by atoms with van der Waals surface area (Å²) in [6.07, 6.45) is 3.73. The molecular weight excluding hydrogens is 362 g/mol. The summed E-state index contributed by atoms with van der Waals surface area (Å²) in [6, 6.07) is 20.4. The van der Waals surface area contributed by atoms with E-state index in [9.17, 15) is 4.79 Å². The van der Waals surface area contributed by atoms with Crippen LogP contribution in [0, 0.1) is 0 Å². The van der Waals surface area contributed by atoms with Crippen molar-refractivity contribution in [1.82, 2.24) is 24.9 Å². The fraction of sp³-hybridized carbons (Fsp3) is 0.304. The lowest BCUT2D eigenvalue weighted by atomic mass is 10.0. The van der Waals surface area contributed by atoms with E-state index in [-0.39, 0.29) is 12.1 Å². The van der Waals surface area contributed by atoms with E-state index >= 15 is 0 Å². The second-order valence-corrected chi connectivity index (χ2v) is 7.51. The number of carbonyl (C=O) groups is 1. The summed E-state index contributed by atoms with van der Waals surface area (Å²) in [5.74, 6) is 0. The number of carbonyl (C=O) groups excluding carboxylic acids is 1. The molecule has 29 heavy (non-hydrogen) atoms. The molecular formula is C23H27N5O. The van der Waals surface area contributed by atoms with Crippen LogP contribution in [0.25, 0.3) is 0 Å². The van der Waals surface area contributed by atoms with E-state index in [4.69, 9.17) is 0 Å². The number of nitrogens with one attached hydrogen (secondary N) is 1. The summed E-state index contributed by atoms with van der Waals surface area (Å²) >= 11 is 0. The number of rotatable bonds is 5. The minimum absolute atomic E-state index is 0.0131. The minimum atomic E-state index is -0.0131. The normalized spacial score (nSPS) is 17.3. The number of amides is 2. The first-order valence-corrected chi connectivity index (χ1v) is 10.0. The zero-order valence-corrected chi connectivity index (χ0v) is 16.7. The van der Waals surface area contributed by atoms with Crippen LogP contribution in [0.4, 0.5) is 4.79 Å². The molecule has 1 unspecified atom stereocenters. The number of piperazine rings is 1. The Kier molecular flexibility index (Phi) is 5.91. The average Bonchev–Trinajstić information content (AvgIpc) is 3.26. The van der Waals surface area contributed by atoms with E-state index in [0.29, 0.717) is 13.1 Å².